The van der Waals surface area contributed by atoms with Crippen LogP contribution >= 0.6 is 0 Å². The first-order chi connectivity index (χ1) is 11.5. The minimum Gasteiger partial charge on any atom is -0.489 e. The fourth-order valence-corrected chi connectivity index (χ4v) is 2.13. The summed E-state index contributed by atoms with van der Waals surface area (Å²) in [4.78, 5) is 22.7. The summed E-state index contributed by atoms with van der Waals surface area (Å²) in [5.41, 5.74) is 7.85. The molecule has 126 valence electrons. The fraction of sp³-hybridized carbons (Fsp3) is 0.222. The normalized spacial score (nSPS) is 11.4. The molecule has 24 heavy (non-hydrogen) atoms. The van der Waals surface area contributed by atoms with E-state index in [0.29, 0.717) is 18.0 Å². The lowest BCUT2D eigenvalue weighted by Crippen LogP contribution is -2.44. The SMILES string of the molecule is Cc1ccccc1COc1cccc(NC(=O)[C@H](C)NC(N)=O)c1. The summed E-state index contributed by atoms with van der Waals surface area (Å²) in [5, 5.41) is 5.03. The van der Waals surface area contributed by atoms with E-state index in [9.17, 15) is 9.59 Å². The van der Waals surface area contributed by atoms with Gasteiger partial charge in [0.25, 0.3) is 0 Å². The summed E-state index contributed by atoms with van der Waals surface area (Å²) in [6, 6.07) is 13.6. The molecule has 4 N–H and O–H groups in total. The summed E-state index contributed by atoms with van der Waals surface area (Å²) in [7, 11) is 0. The van der Waals surface area contributed by atoms with E-state index in [1.807, 2.05) is 37.3 Å². The number of hydrogen-bond donors (Lipinski definition) is 3. The first-order valence-corrected chi connectivity index (χ1v) is 7.60. The standard InChI is InChI=1S/C18H21N3O3/c1-12-6-3-4-7-14(12)11-24-16-9-5-8-15(10-16)21-17(22)13(2)20-18(19)23/h3-10,13H,11H2,1-2H3,(H,21,22)(H3,19,20,23)/t13-/m0/s1. The molecule has 6 nitrogen and oxygen atoms in total. The first kappa shape index (κ1) is 17.3. The zero-order valence-corrected chi connectivity index (χ0v) is 13.7. The van der Waals surface area contributed by atoms with Crippen molar-refractivity contribution in [2.45, 2.75) is 26.5 Å². The number of hydrogen-bond acceptors (Lipinski definition) is 3. The van der Waals surface area contributed by atoms with E-state index in [-0.39, 0.29) is 5.91 Å². The molecule has 3 amide bonds. The number of nitrogens with two attached hydrogens (primary N) is 1. The fourth-order valence-electron chi connectivity index (χ4n) is 2.13. The third kappa shape index (κ3) is 5.01. The molecular weight excluding hydrogens is 306 g/mol. The summed E-state index contributed by atoms with van der Waals surface area (Å²) >= 11 is 0. The number of ether oxygens (including phenoxy) is 1. The number of anilines is 1. The van der Waals surface area contributed by atoms with Crippen molar-refractivity contribution in [3.05, 3.63) is 59.7 Å². The average Bonchev–Trinajstić information content (AvgIpc) is 2.54. The molecule has 0 aromatic heterocycles. The lowest BCUT2D eigenvalue weighted by atomic mass is 10.1. The second kappa shape index (κ2) is 8.01. The van der Waals surface area contributed by atoms with Gasteiger partial charge in [-0.1, -0.05) is 30.3 Å². The zero-order valence-electron chi connectivity index (χ0n) is 13.7. The number of urea groups is 1. The minimum atomic E-state index is -0.743. The molecule has 2 aromatic rings. The highest BCUT2D eigenvalue weighted by molar-refractivity contribution is 5.96. The predicted octanol–water partition coefficient (Wildman–Crippen LogP) is 2.57. The maximum atomic E-state index is 12.0. The van der Waals surface area contributed by atoms with Gasteiger partial charge < -0.3 is 21.1 Å². The van der Waals surface area contributed by atoms with Gasteiger partial charge in [-0.05, 0) is 37.1 Å². The highest BCUT2D eigenvalue weighted by Gasteiger charge is 2.14. The van der Waals surface area contributed by atoms with E-state index in [4.69, 9.17) is 10.5 Å². The van der Waals surface area contributed by atoms with Gasteiger partial charge in [0.1, 0.15) is 18.4 Å². The highest BCUT2D eigenvalue weighted by atomic mass is 16.5. The Balaban J connectivity index is 1.97. The van der Waals surface area contributed by atoms with E-state index in [1.165, 1.54) is 0 Å². The van der Waals surface area contributed by atoms with Crippen LogP contribution in [-0.4, -0.2) is 18.0 Å². The van der Waals surface area contributed by atoms with Crippen molar-refractivity contribution in [3.8, 4) is 5.75 Å². The summed E-state index contributed by atoms with van der Waals surface area (Å²) in [5.74, 6) is 0.288. The number of rotatable bonds is 6. The van der Waals surface area contributed by atoms with Crippen LogP contribution in [0.2, 0.25) is 0 Å². The zero-order chi connectivity index (χ0) is 17.5. The Morgan fingerprint density at radius 3 is 2.62 bits per heavy atom. The number of nitrogens with one attached hydrogen (secondary N) is 2. The van der Waals surface area contributed by atoms with Crippen molar-refractivity contribution in [2.75, 3.05) is 5.32 Å². The Morgan fingerprint density at radius 2 is 1.92 bits per heavy atom. The van der Waals surface area contributed by atoms with Gasteiger partial charge in [0, 0.05) is 11.8 Å². The van der Waals surface area contributed by atoms with Crippen LogP contribution in [0, 0.1) is 6.92 Å². The molecule has 0 spiro atoms. The molecule has 1 atom stereocenters. The number of primary amides is 1. The average molecular weight is 327 g/mol. The van der Waals surface area contributed by atoms with Crippen LogP contribution in [0.15, 0.2) is 48.5 Å². The summed E-state index contributed by atoms with van der Waals surface area (Å²) in [6.07, 6.45) is 0. The number of aryl methyl sites for hydroxylation is 1. The van der Waals surface area contributed by atoms with Crippen LogP contribution in [0.5, 0.6) is 5.75 Å². The molecule has 0 aliphatic carbocycles. The van der Waals surface area contributed by atoms with Crippen molar-refractivity contribution in [2.24, 2.45) is 5.73 Å². The van der Waals surface area contributed by atoms with Gasteiger partial charge in [0.15, 0.2) is 0 Å². The van der Waals surface area contributed by atoms with Gasteiger partial charge in [0.2, 0.25) is 5.91 Å². The van der Waals surface area contributed by atoms with Crippen LogP contribution in [-0.2, 0) is 11.4 Å². The smallest absolute Gasteiger partial charge is 0.312 e. The van der Waals surface area contributed by atoms with Gasteiger partial charge in [0.05, 0.1) is 0 Å². The van der Waals surface area contributed by atoms with E-state index in [2.05, 4.69) is 10.6 Å². The topological polar surface area (TPSA) is 93.4 Å². The van der Waals surface area contributed by atoms with Crippen molar-refractivity contribution in [1.29, 1.82) is 0 Å². The molecular formula is C18H21N3O3. The Kier molecular flexibility index (Phi) is 5.78. The van der Waals surface area contributed by atoms with Crippen molar-refractivity contribution in [1.82, 2.24) is 5.32 Å². The predicted molar refractivity (Wildman–Crippen MR) is 92.8 cm³/mol. The minimum absolute atomic E-state index is 0.357. The summed E-state index contributed by atoms with van der Waals surface area (Å²) < 4.78 is 5.78. The molecule has 0 aliphatic rings. The van der Waals surface area contributed by atoms with Crippen molar-refractivity contribution < 1.29 is 14.3 Å². The summed E-state index contributed by atoms with van der Waals surface area (Å²) in [6.45, 7) is 4.03. The van der Waals surface area contributed by atoms with Crippen molar-refractivity contribution in [3.63, 3.8) is 0 Å². The van der Waals surface area contributed by atoms with Gasteiger partial charge >= 0.3 is 6.03 Å². The van der Waals surface area contributed by atoms with Crippen LogP contribution in [0.4, 0.5) is 10.5 Å². The third-order valence-corrected chi connectivity index (χ3v) is 3.51. The van der Waals surface area contributed by atoms with E-state index in [0.717, 1.165) is 11.1 Å². The molecule has 0 unspecified atom stereocenters. The number of carbonyl (C=O) groups is 2. The molecule has 0 heterocycles. The Bertz CT molecular complexity index is 731. The van der Waals surface area contributed by atoms with Gasteiger partial charge in [-0.2, -0.15) is 0 Å². The quantitative estimate of drug-likeness (QED) is 0.761. The van der Waals surface area contributed by atoms with Gasteiger partial charge in [-0.3, -0.25) is 4.79 Å². The lowest BCUT2D eigenvalue weighted by Gasteiger charge is -2.14. The number of amides is 3. The molecule has 0 bridgehead atoms. The van der Waals surface area contributed by atoms with Gasteiger partial charge in [-0.15, -0.1) is 0 Å². The molecule has 0 saturated carbocycles. The van der Waals surface area contributed by atoms with E-state index >= 15 is 0 Å². The number of carbonyl (C=O) groups excluding carboxylic acids is 2. The Morgan fingerprint density at radius 1 is 1.17 bits per heavy atom. The third-order valence-electron chi connectivity index (χ3n) is 3.51. The molecule has 0 fully saturated rings. The van der Waals surface area contributed by atoms with Crippen molar-refractivity contribution >= 4 is 17.6 Å². The highest BCUT2D eigenvalue weighted by Crippen LogP contribution is 2.19. The van der Waals surface area contributed by atoms with E-state index in [1.54, 1.807) is 25.1 Å². The van der Waals surface area contributed by atoms with Crippen LogP contribution in [0.1, 0.15) is 18.1 Å². The Hall–Kier alpha value is -3.02. The largest absolute Gasteiger partial charge is 0.489 e. The molecule has 6 heteroatoms. The van der Waals surface area contributed by atoms with Gasteiger partial charge in [-0.25, -0.2) is 4.79 Å². The van der Waals surface area contributed by atoms with Crippen LogP contribution < -0.4 is 21.1 Å². The van der Waals surface area contributed by atoms with Crippen LogP contribution in [0.25, 0.3) is 0 Å². The first-order valence-electron chi connectivity index (χ1n) is 7.60. The molecule has 0 saturated heterocycles. The molecule has 0 aliphatic heterocycles. The van der Waals surface area contributed by atoms with Crippen LogP contribution in [0.3, 0.4) is 0 Å². The maximum absolute atomic E-state index is 12.0. The maximum Gasteiger partial charge on any atom is 0.312 e. The second-order valence-corrected chi connectivity index (χ2v) is 5.46. The molecule has 2 aromatic carbocycles. The number of benzene rings is 2. The monoisotopic (exact) mass is 327 g/mol. The lowest BCUT2D eigenvalue weighted by molar-refractivity contribution is -0.117. The van der Waals surface area contributed by atoms with E-state index < -0.39 is 12.1 Å². The molecule has 0 radical (unpaired) electrons. The second-order valence-electron chi connectivity index (χ2n) is 5.46. The molecule has 2 rings (SSSR count). The Labute approximate surface area is 141 Å².